The number of hydrogen-bond donors (Lipinski definition) is 0. The SMILES string of the molecule is Cc1ccc(-c2nn(-c3cccc(Cl)c3)c(-c3ccc(C)c(C)c3)c2Cl)cc1C. The second-order valence-corrected chi connectivity index (χ2v) is 8.32. The minimum atomic E-state index is 0.636. The molecule has 146 valence electrons. The Balaban J connectivity index is 2.00. The molecule has 0 aliphatic carbocycles. The van der Waals surface area contributed by atoms with Crippen molar-refractivity contribution in [2.45, 2.75) is 27.7 Å². The van der Waals surface area contributed by atoms with Crippen molar-refractivity contribution < 1.29 is 0 Å². The highest BCUT2D eigenvalue weighted by Crippen LogP contribution is 2.39. The van der Waals surface area contributed by atoms with E-state index in [2.05, 4.69) is 64.1 Å². The first kappa shape index (κ1) is 19.8. The van der Waals surface area contributed by atoms with Gasteiger partial charge in [-0.1, -0.05) is 53.5 Å². The second-order valence-electron chi connectivity index (χ2n) is 7.50. The Morgan fingerprint density at radius 2 is 1.31 bits per heavy atom. The Hall–Kier alpha value is -2.55. The van der Waals surface area contributed by atoms with Crippen LogP contribution in [0.4, 0.5) is 0 Å². The van der Waals surface area contributed by atoms with E-state index in [-0.39, 0.29) is 0 Å². The predicted octanol–water partition coefficient (Wildman–Crippen LogP) is 7.75. The highest BCUT2D eigenvalue weighted by atomic mass is 35.5. The standard InChI is InChI=1S/C25H22Cl2N2/c1-15-8-10-19(12-17(15)3)24-23(27)25(20-11-9-16(2)18(4)13-20)29(28-24)22-7-5-6-21(26)14-22/h5-14H,1-4H3. The van der Waals surface area contributed by atoms with Gasteiger partial charge >= 0.3 is 0 Å². The summed E-state index contributed by atoms with van der Waals surface area (Å²) < 4.78 is 1.89. The average molecular weight is 421 g/mol. The van der Waals surface area contributed by atoms with Crippen molar-refractivity contribution in [3.8, 4) is 28.2 Å². The average Bonchev–Trinajstić information content (AvgIpc) is 3.03. The normalized spacial score (nSPS) is 11.1. The van der Waals surface area contributed by atoms with Crippen molar-refractivity contribution >= 4 is 23.2 Å². The summed E-state index contributed by atoms with van der Waals surface area (Å²) in [5, 5.41) is 6.21. The van der Waals surface area contributed by atoms with Crippen LogP contribution in [0.5, 0.6) is 0 Å². The van der Waals surface area contributed by atoms with Gasteiger partial charge in [-0.3, -0.25) is 0 Å². The van der Waals surface area contributed by atoms with Gasteiger partial charge < -0.3 is 0 Å². The molecule has 29 heavy (non-hydrogen) atoms. The van der Waals surface area contributed by atoms with Gasteiger partial charge in [0.05, 0.1) is 16.4 Å². The van der Waals surface area contributed by atoms with Gasteiger partial charge in [0.1, 0.15) is 5.69 Å². The zero-order valence-corrected chi connectivity index (χ0v) is 18.4. The number of aryl methyl sites for hydroxylation is 4. The summed E-state index contributed by atoms with van der Waals surface area (Å²) in [6.45, 7) is 8.42. The van der Waals surface area contributed by atoms with Crippen molar-refractivity contribution in [1.82, 2.24) is 9.78 Å². The van der Waals surface area contributed by atoms with Crippen LogP contribution in [0, 0.1) is 27.7 Å². The molecule has 0 bridgehead atoms. The number of aromatic nitrogens is 2. The molecule has 0 N–H and O–H groups in total. The quantitative estimate of drug-likeness (QED) is 0.331. The van der Waals surface area contributed by atoms with Gasteiger partial charge in [-0.05, 0) is 80.3 Å². The highest BCUT2D eigenvalue weighted by molar-refractivity contribution is 6.35. The van der Waals surface area contributed by atoms with Gasteiger partial charge in [-0.2, -0.15) is 5.10 Å². The summed E-state index contributed by atoms with van der Waals surface area (Å²) in [6.07, 6.45) is 0. The lowest BCUT2D eigenvalue weighted by atomic mass is 10.0. The third-order valence-corrected chi connectivity index (χ3v) is 6.03. The lowest BCUT2D eigenvalue weighted by molar-refractivity contribution is 0.891. The highest BCUT2D eigenvalue weighted by Gasteiger charge is 2.21. The summed E-state index contributed by atoms with van der Waals surface area (Å²) in [5.74, 6) is 0. The molecule has 0 aliphatic rings. The second kappa shape index (κ2) is 7.70. The first-order valence-electron chi connectivity index (χ1n) is 9.55. The van der Waals surface area contributed by atoms with Crippen LogP contribution in [-0.4, -0.2) is 9.78 Å². The lowest BCUT2D eigenvalue weighted by Gasteiger charge is -2.10. The van der Waals surface area contributed by atoms with E-state index in [1.807, 2.05) is 28.9 Å². The fourth-order valence-corrected chi connectivity index (χ4v) is 3.93. The Bertz CT molecular complexity index is 1220. The number of rotatable bonds is 3. The third-order valence-electron chi connectivity index (χ3n) is 5.44. The van der Waals surface area contributed by atoms with Crippen LogP contribution >= 0.6 is 23.2 Å². The van der Waals surface area contributed by atoms with Crippen molar-refractivity contribution in [3.63, 3.8) is 0 Å². The molecule has 1 heterocycles. The molecule has 4 aromatic rings. The summed E-state index contributed by atoms with van der Waals surface area (Å²) >= 11 is 13.2. The topological polar surface area (TPSA) is 17.8 Å². The minimum absolute atomic E-state index is 0.636. The van der Waals surface area contributed by atoms with E-state index in [0.717, 1.165) is 28.2 Å². The molecule has 0 unspecified atom stereocenters. The Morgan fingerprint density at radius 1 is 0.690 bits per heavy atom. The zero-order valence-electron chi connectivity index (χ0n) is 16.9. The molecule has 3 aromatic carbocycles. The Labute approximate surface area is 181 Å². The molecule has 4 rings (SSSR count). The molecule has 0 amide bonds. The summed E-state index contributed by atoms with van der Waals surface area (Å²) in [5.41, 5.74) is 9.45. The van der Waals surface area contributed by atoms with Crippen molar-refractivity contribution in [3.05, 3.63) is 93.0 Å². The van der Waals surface area contributed by atoms with Gasteiger partial charge in [0.25, 0.3) is 0 Å². The van der Waals surface area contributed by atoms with Gasteiger partial charge in [0.2, 0.25) is 0 Å². The maximum Gasteiger partial charge on any atom is 0.112 e. The van der Waals surface area contributed by atoms with Crippen LogP contribution in [0.3, 0.4) is 0 Å². The fourth-order valence-electron chi connectivity index (χ4n) is 3.40. The fraction of sp³-hybridized carbons (Fsp3) is 0.160. The first-order valence-corrected chi connectivity index (χ1v) is 10.3. The largest absolute Gasteiger partial charge is 0.231 e. The van der Waals surface area contributed by atoms with Crippen LogP contribution in [-0.2, 0) is 0 Å². The van der Waals surface area contributed by atoms with Crippen LogP contribution in [0.15, 0.2) is 60.7 Å². The van der Waals surface area contributed by atoms with E-state index < -0.39 is 0 Å². The van der Waals surface area contributed by atoms with E-state index >= 15 is 0 Å². The van der Waals surface area contributed by atoms with Crippen LogP contribution < -0.4 is 0 Å². The van der Waals surface area contributed by atoms with E-state index in [0.29, 0.717) is 10.0 Å². The number of hydrogen-bond acceptors (Lipinski definition) is 1. The first-order chi connectivity index (χ1) is 13.8. The predicted molar refractivity (Wildman–Crippen MR) is 123 cm³/mol. The lowest BCUT2D eigenvalue weighted by Crippen LogP contribution is -2.00. The Morgan fingerprint density at radius 3 is 1.93 bits per heavy atom. The Kier molecular flexibility index (Phi) is 5.24. The summed E-state index contributed by atoms with van der Waals surface area (Å²) in [6, 6.07) is 20.4. The van der Waals surface area contributed by atoms with E-state index in [1.165, 1.54) is 22.3 Å². The minimum Gasteiger partial charge on any atom is -0.231 e. The molecular formula is C25H22Cl2N2. The maximum absolute atomic E-state index is 6.96. The number of nitrogens with zero attached hydrogens (tertiary/aromatic N) is 2. The molecule has 1 aromatic heterocycles. The zero-order chi connectivity index (χ0) is 20.7. The summed E-state index contributed by atoms with van der Waals surface area (Å²) in [7, 11) is 0. The smallest absolute Gasteiger partial charge is 0.112 e. The van der Waals surface area contributed by atoms with Crippen LogP contribution in [0.2, 0.25) is 10.0 Å². The maximum atomic E-state index is 6.96. The van der Waals surface area contributed by atoms with Crippen molar-refractivity contribution in [2.75, 3.05) is 0 Å². The molecule has 0 spiro atoms. The van der Waals surface area contributed by atoms with E-state index in [4.69, 9.17) is 28.3 Å². The van der Waals surface area contributed by atoms with Crippen molar-refractivity contribution in [2.24, 2.45) is 0 Å². The third kappa shape index (κ3) is 3.71. The van der Waals surface area contributed by atoms with E-state index in [9.17, 15) is 0 Å². The molecule has 2 nitrogen and oxygen atoms in total. The van der Waals surface area contributed by atoms with Crippen molar-refractivity contribution in [1.29, 1.82) is 0 Å². The molecular weight excluding hydrogens is 399 g/mol. The molecule has 4 heteroatoms. The van der Waals surface area contributed by atoms with Gasteiger partial charge in [-0.25, -0.2) is 4.68 Å². The molecule has 0 saturated heterocycles. The van der Waals surface area contributed by atoms with Crippen LogP contribution in [0.25, 0.3) is 28.2 Å². The molecule has 0 radical (unpaired) electrons. The van der Waals surface area contributed by atoms with Gasteiger partial charge in [0, 0.05) is 16.1 Å². The number of halogens is 2. The monoisotopic (exact) mass is 420 g/mol. The van der Waals surface area contributed by atoms with E-state index in [1.54, 1.807) is 0 Å². The van der Waals surface area contributed by atoms with Crippen LogP contribution in [0.1, 0.15) is 22.3 Å². The molecule has 0 saturated carbocycles. The molecule has 0 fully saturated rings. The number of benzene rings is 3. The summed E-state index contributed by atoms with van der Waals surface area (Å²) in [4.78, 5) is 0. The molecule has 0 atom stereocenters. The van der Waals surface area contributed by atoms with Gasteiger partial charge in [-0.15, -0.1) is 0 Å². The molecule has 0 aliphatic heterocycles. The van der Waals surface area contributed by atoms with Gasteiger partial charge in [0.15, 0.2) is 0 Å².